The van der Waals surface area contributed by atoms with Gasteiger partial charge >= 0.3 is 0 Å². The Labute approximate surface area is 202 Å². The van der Waals surface area contributed by atoms with Gasteiger partial charge in [-0.1, -0.05) is 30.3 Å². The van der Waals surface area contributed by atoms with Gasteiger partial charge in [0.05, 0.1) is 26.3 Å². The molecule has 0 aromatic heterocycles. The first-order valence-electron chi connectivity index (χ1n) is 10.7. The van der Waals surface area contributed by atoms with Gasteiger partial charge in [0.15, 0.2) is 5.96 Å². The van der Waals surface area contributed by atoms with Crippen molar-refractivity contribution in [3.05, 3.63) is 35.9 Å². The molecule has 0 unspecified atom stereocenters. The number of ether oxygens (including phenoxy) is 1. The van der Waals surface area contributed by atoms with Crippen LogP contribution in [0.5, 0.6) is 0 Å². The number of halogens is 1. The Balaban J connectivity index is 0.00000341. The monoisotopic (exact) mass is 543 g/mol. The molecule has 0 aliphatic carbocycles. The summed E-state index contributed by atoms with van der Waals surface area (Å²) in [7, 11) is 3.49. The second kappa shape index (κ2) is 12.8. The maximum Gasteiger partial charge on any atom is 0.241 e. The van der Waals surface area contributed by atoms with Crippen molar-refractivity contribution in [2.75, 3.05) is 60.0 Å². The first-order chi connectivity index (χ1) is 14.5. The van der Waals surface area contributed by atoms with Crippen LogP contribution >= 0.6 is 24.0 Å². The third-order valence-electron chi connectivity index (χ3n) is 5.62. The minimum Gasteiger partial charge on any atom is -0.378 e. The average Bonchev–Trinajstić information content (AvgIpc) is 2.80. The van der Waals surface area contributed by atoms with Crippen LogP contribution in [0.1, 0.15) is 18.4 Å². The molecule has 0 atom stereocenters. The van der Waals surface area contributed by atoms with E-state index in [1.54, 1.807) is 19.0 Å². The Hall–Kier alpha value is -1.88. The summed E-state index contributed by atoms with van der Waals surface area (Å²) in [5.74, 6) is 1.03. The SMILES string of the molecule is CN(C)C(=O)CNC(=NCc1ccccc1)N1CCC(C(=O)N2CCOCC2)CC1.I. The summed E-state index contributed by atoms with van der Waals surface area (Å²) in [5, 5.41) is 3.22. The number of carbonyl (C=O) groups excluding carboxylic acids is 2. The van der Waals surface area contributed by atoms with Crippen LogP contribution < -0.4 is 5.32 Å². The Bertz CT molecular complexity index is 730. The highest BCUT2D eigenvalue weighted by Crippen LogP contribution is 2.20. The molecule has 2 amide bonds. The molecule has 1 aromatic carbocycles. The van der Waals surface area contributed by atoms with Crippen LogP contribution in [-0.2, 0) is 20.9 Å². The molecule has 0 bridgehead atoms. The molecule has 3 rings (SSSR count). The van der Waals surface area contributed by atoms with Gasteiger partial charge in [-0.2, -0.15) is 0 Å². The molecule has 8 nitrogen and oxygen atoms in total. The second-order valence-electron chi connectivity index (χ2n) is 7.97. The number of aliphatic imine (C=N–C) groups is 1. The van der Waals surface area contributed by atoms with Crippen molar-refractivity contribution in [2.24, 2.45) is 10.9 Å². The lowest BCUT2D eigenvalue weighted by molar-refractivity contribution is -0.140. The van der Waals surface area contributed by atoms with E-state index in [1.807, 2.05) is 35.2 Å². The molecule has 9 heteroatoms. The molecule has 0 radical (unpaired) electrons. The van der Waals surface area contributed by atoms with Gasteiger partial charge in [0.1, 0.15) is 0 Å². The van der Waals surface area contributed by atoms with Crippen LogP contribution in [0.25, 0.3) is 0 Å². The fourth-order valence-electron chi connectivity index (χ4n) is 3.71. The molecule has 2 aliphatic heterocycles. The lowest BCUT2D eigenvalue weighted by Gasteiger charge is -2.36. The molecule has 0 spiro atoms. The predicted molar refractivity (Wildman–Crippen MR) is 131 cm³/mol. The number of benzene rings is 1. The van der Waals surface area contributed by atoms with Gasteiger partial charge in [-0.25, -0.2) is 4.99 Å². The van der Waals surface area contributed by atoms with Gasteiger partial charge in [0.2, 0.25) is 11.8 Å². The maximum absolute atomic E-state index is 12.8. The van der Waals surface area contributed by atoms with Crippen molar-refractivity contribution in [3.63, 3.8) is 0 Å². The van der Waals surface area contributed by atoms with E-state index in [0.29, 0.717) is 32.8 Å². The highest BCUT2D eigenvalue weighted by Gasteiger charge is 2.30. The van der Waals surface area contributed by atoms with Crippen molar-refractivity contribution in [3.8, 4) is 0 Å². The molecule has 1 aromatic rings. The molecule has 172 valence electrons. The zero-order valence-corrected chi connectivity index (χ0v) is 20.8. The number of likely N-dealkylation sites (N-methyl/N-ethyl adjacent to an activating group) is 1. The van der Waals surface area contributed by atoms with E-state index < -0.39 is 0 Å². The highest BCUT2D eigenvalue weighted by atomic mass is 127. The summed E-state index contributed by atoms with van der Waals surface area (Å²) >= 11 is 0. The number of morpholine rings is 1. The number of rotatable bonds is 5. The average molecular weight is 543 g/mol. The number of guanidine groups is 1. The predicted octanol–water partition coefficient (Wildman–Crippen LogP) is 1.41. The molecule has 2 saturated heterocycles. The number of nitrogens with one attached hydrogen (secondary N) is 1. The van der Waals surface area contributed by atoms with Gasteiger partial charge in [-0.3, -0.25) is 9.59 Å². The minimum atomic E-state index is -0.000192. The van der Waals surface area contributed by atoms with E-state index in [4.69, 9.17) is 9.73 Å². The highest BCUT2D eigenvalue weighted by molar-refractivity contribution is 14.0. The Morgan fingerprint density at radius 3 is 2.32 bits per heavy atom. The maximum atomic E-state index is 12.8. The van der Waals surface area contributed by atoms with Crippen LogP contribution in [0.3, 0.4) is 0 Å². The molecule has 0 saturated carbocycles. The number of nitrogens with zero attached hydrogens (tertiary/aromatic N) is 4. The summed E-state index contributed by atoms with van der Waals surface area (Å²) in [6.45, 7) is 4.89. The van der Waals surface area contributed by atoms with E-state index in [-0.39, 0.29) is 48.3 Å². The smallest absolute Gasteiger partial charge is 0.241 e. The van der Waals surface area contributed by atoms with Gasteiger partial charge < -0.3 is 24.8 Å². The molecule has 31 heavy (non-hydrogen) atoms. The third-order valence-corrected chi connectivity index (χ3v) is 5.62. The number of amides is 2. The van der Waals surface area contributed by atoms with Gasteiger partial charge in [0, 0.05) is 46.2 Å². The lowest BCUT2D eigenvalue weighted by Crippen LogP contribution is -2.51. The number of hydrogen-bond acceptors (Lipinski definition) is 4. The van der Waals surface area contributed by atoms with Crippen molar-refractivity contribution in [1.29, 1.82) is 0 Å². The van der Waals surface area contributed by atoms with Crippen LogP contribution in [-0.4, -0.2) is 92.5 Å². The molecule has 2 aliphatic rings. The van der Waals surface area contributed by atoms with Crippen molar-refractivity contribution in [1.82, 2.24) is 20.0 Å². The van der Waals surface area contributed by atoms with Crippen LogP contribution in [0.15, 0.2) is 35.3 Å². The lowest BCUT2D eigenvalue weighted by atomic mass is 9.95. The molecule has 1 N–H and O–H groups in total. The first-order valence-corrected chi connectivity index (χ1v) is 10.7. The zero-order valence-electron chi connectivity index (χ0n) is 18.5. The number of likely N-dealkylation sites (tertiary alicyclic amines) is 1. The minimum absolute atomic E-state index is 0. The van der Waals surface area contributed by atoms with E-state index in [2.05, 4.69) is 10.2 Å². The molecular formula is C22H34IN5O3. The van der Waals surface area contributed by atoms with E-state index in [9.17, 15) is 9.59 Å². The summed E-state index contributed by atoms with van der Waals surface area (Å²) in [6, 6.07) is 10.1. The molecule has 2 heterocycles. The Kier molecular flexibility index (Phi) is 10.5. The Morgan fingerprint density at radius 1 is 1.06 bits per heavy atom. The fraction of sp³-hybridized carbons (Fsp3) is 0.591. The zero-order chi connectivity index (χ0) is 21.3. The van der Waals surface area contributed by atoms with Gasteiger partial charge in [-0.05, 0) is 18.4 Å². The summed E-state index contributed by atoms with van der Waals surface area (Å²) in [6.07, 6.45) is 1.59. The normalized spacial score (nSPS) is 17.7. The van der Waals surface area contributed by atoms with Crippen LogP contribution in [0, 0.1) is 5.92 Å². The van der Waals surface area contributed by atoms with Gasteiger partial charge in [-0.15, -0.1) is 24.0 Å². The van der Waals surface area contributed by atoms with E-state index >= 15 is 0 Å². The third kappa shape index (κ3) is 7.64. The largest absolute Gasteiger partial charge is 0.378 e. The quantitative estimate of drug-likeness (QED) is 0.346. The summed E-state index contributed by atoms with van der Waals surface area (Å²) in [5.41, 5.74) is 1.12. The molecule has 2 fully saturated rings. The van der Waals surface area contributed by atoms with Gasteiger partial charge in [0.25, 0.3) is 0 Å². The second-order valence-corrected chi connectivity index (χ2v) is 7.97. The Morgan fingerprint density at radius 2 is 1.71 bits per heavy atom. The standard InChI is InChI=1S/C22H33N5O3.HI/c1-25(2)20(28)17-24-22(23-16-18-6-4-3-5-7-18)27-10-8-19(9-11-27)21(29)26-12-14-30-15-13-26;/h3-7,19H,8-17H2,1-2H3,(H,23,24);1H. The first kappa shape index (κ1) is 25.4. The van der Waals surface area contributed by atoms with Crippen LogP contribution in [0.4, 0.5) is 0 Å². The number of hydrogen-bond donors (Lipinski definition) is 1. The number of piperidine rings is 1. The van der Waals surface area contributed by atoms with Crippen LogP contribution in [0.2, 0.25) is 0 Å². The summed E-state index contributed by atoms with van der Waals surface area (Å²) < 4.78 is 5.35. The van der Waals surface area contributed by atoms with Crippen molar-refractivity contribution in [2.45, 2.75) is 19.4 Å². The fourth-order valence-corrected chi connectivity index (χ4v) is 3.71. The summed E-state index contributed by atoms with van der Waals surface area (Å²) in [4.78, 5) is 35.3. The van der Waals surface area contributed by atoms with E-state index in [0.717, 1.165) is 37.5 Å². The van der Waals surface area contributed by atoms with E-state index in [1.165, 1.54) is 0 Å². The number of carbonyl (C=O) groups is 2. The van der Waals surface area contributed by atoms with Crippen molar-refractivity contribution >= 4 is 41.8 Å². The molecular weight excluding hydrogens is 509 g/mol. The topological polar surface area (TPSA) is 77.5 Å². The van der Waals surface area contributed by atoms with Crippen molar-refractivity contribution < 1.29 is 14.3 Å².